The second kappa shape index (κ2) is 8.88. The minimum absolute atomic E-state index is 0.0346. The highest BCUT2D eigenvalue weighted by Crippen LogP contribution is 2.34. The Morgan fingerprint density at radius 2 is 1.87 bits per heavy atom. The lowest BCUT2D eigenvalue weighted by molar-refractivity contribution is 0.146. The highest BCUT2D eigenvalue weighted by Gasteiger charge is 2.16. The Balaban J connectivity index is 2.01. The third-order valence-corrected chi connectivity index (χ3v) is 5.02. The van der Waals surface area contributed by atoms with Gasteiger partial charge in [0.15, 0.2) is 0 Å². The maximum Gasteiger partial charge on any atom is 0.280 e. The topological polar surface area (TPSA) is 88.0 Å². The van der Waals surface area contributed by atoms with Crippen LogP contribution in [-0.4, -0.2) is 27.5 Å². The van der Waals surface area contributed by atoms with Crippen molar-refractivity contribution in [3.8, 4) is 16.9 Å². The molecule has 6 nitrogen and oxygen atoms in total. The van der Waals surface area contributed by atoms with Crippen molar-refractivity contribution in [3.05, 3.63) is 65.5 Å². The monoisotopic (exact) mass is 454 g/mol. The number of nitrogens with one attached hydrogen (secondary N) is 2. The largest absolute Gasteiger partial charge is 0.496 e. The zero-order chi connectivity index (χ0) is 22.8. The van der Waals surface area contributed by atoms with Crippen LogP contribution >= 0.6 is 0 Å². The number of hydrogen-bond acceptors (Lipinski definition) is 6. The van der Waals surface area contributed by atoms with E-state index in [0.717, 1.165) is 24.4 Å². The molecule has 0 aliphatic rings. The van der Waals surface area contributed by atoms with Gasteiger partial charge in [-0.15, -0.1) is 0 Å². The normalized spacial score (nSPS) is 13.1. The van der Waals surface area contributed by atoms with Crippen molar-refractivity contribution in [2.24, 2.45) is 0 Å². The van der Waals surface area contributed by atoms with Crippen molar-refractivity contribution in [2.45, 2.75) is 12.2 Å². The number of halogens is 4. The van der Waals surface area contributed by atoms with Gasteiger partial charge in [0.2, 0.25) is 0 Å². The molecule has 3 aromatic rings. The van der Waals surface area contributed by atoms with Crippen molar-refractivity contribution < 1.29 is 26.5 Å². The molecule has 0 saturated carbocycles. The lowest BCUT2D eigenvalue weighted by atomic mass is 10.0. The molecule has 0 amide bonds. The summed E-state index contributed by atoms with van der Waals surface area (Å²) in [7, 11) is -1.66. The van der Waals surface area contributed by atoms with Crippen molar-refractivity contribution in [1.82, 2.24) is 9.97 Å². The number of aromatic nitrogens is 2. The lowest BCUT2D eigenvalue weighted by Crippen LogP contribution is -2.05. The van der Waals surface area contributed by atoms with E-state index in [2.05, 4.69) is 15.3 Å². The molecule has 1 atom stereocenters. The van der Waals surface area contributed by atoms with Crippen LogP contribution in [0.25, 0.3) is 11.1 Å². The first-order valence-electron chi connectivity index (χ1n) is 8.82. The summed E-state index contributed by atoms with van der Waals surface area (Å²) in [6.45, 7) is 0. The number of rotatable bonds is 7. The van der Waals surface area contributed by atoms with E-state index in [-0.39, 0.29) is 39.8 Å². The Bertz CT molecular complexity index is 1220. The number of anilines is 2. The molecule has 164 valence electrons. The minimum Gasteiger partial charge on any atom is -0.496 e. The molecule has 0 spiro atoms. The van der Waals surface area contributed by atoms with Gasteiger partial charge in [-0.2, -0.15) is 0 Å². The Morgan fingerprint density at radius 1 is 1.13 bits per heavy atom. The van der Waals surface area contributed by atoms with Gasteiger partial charge in [-0.1, -0.05) is 0 Å². The van der Waals surface area contributed by atoms with Crippen LogP contribution in [0.1, 0.15) is 17.7 Å². The molecular weight excluding hydrogens is 436 g/mol. The van der Waals surface area contributed by atoms with E-state index in [1.54, 1.807) is 0 Å². The highest BCUT2D eigenvalue weighted by atomic mass is 32.2. The van der Waals surface area contributed by atoms with E-state index in [9.17, 15) is 21.8 Å². The molecule has 1 aromatic carbocycles. The third-order valence-electron chi connectivity index (χ3n) is 4.14. The van der Waals surface area contributed by atoms with Crippen LogP contribution in [0.3, 0.4) is 0 Å². The van der Waals surface area contributed by atoms with Gasteiger partial charge in [-0.05, 0) is 35.9 Å². The molecule has 0 saturated heterocycles. The van der Waals surface area contributed by atoms with E-state index < -0.39 is 33.5 Å². The second-order valence-electron chi connectivity index (χ2n) is 6.75. The summed E-state index contributed by atoms with van der Waals surface area (Å²) in [5, 5.41) is 2.72. The van der Waals surface area contributed by atoms with Crippen LogP contribution < -0.4 is 10.1 Å². The molecule has 0 bridgehead atoms. The first-order valence-corrected chi connectivity index (χ1v) is 11.0. The fraction of sp³-hybridized carbons (Fsp3) is 0.200. The maximum absolute atomic E-state index is 14.4. The second-order valence-corrected chi connectivity index (χ2v) is 9.05. The SMILES string of the molecule is COc1cc(F)ccc1-c1cc(Nc2cc(CS(C)(=N)=O)cc(C(F)F)n2)ncc1F. The van der Waals surface area contributed by atoms with E-state index in [0.29, 0.717) is 0 Å². The zero-order valence-corrected chi connectivity index (χ0v) is 17.3. The van der Waals surface area contributed by atoms with Crippen LogP contribution in [0, 0.1) is 16.4 Å². The molecule has 0 aliphatic carbocycles. The summed E-state index contributed by atoms with van der Waals surface area (Å²) in [5.74, 6) is -1.35. The lowest BCUT2D eigenvalue weighted by Gasteiger charge is -2.13. The van der Waals surface area contributed by atoms with Crippen LogP contribution in [0.2, 0.25) is 0 Å². The van der Waals surface area contributed by atoms with E-state index >= 15 is 0 Å². The number of pyridine rings is 2. The molecule has 0 aliphatic heterocycles. The van der Waals surface area contributed by atoms with E-state index in [1.807, 2.05) is 0 Å². The Hall–Kier alpha value is -3.21. The standard InChI is InChI=1S/C20H18F4N4O2S/c1-30-17-7-12(21)3-4-13(17)14-8-18(26-9-15(14)22)28-19-6-11(10-31(2,25)29)5-16(27-19)20(23)24/h3-9,20,25H,10H2,1-2H3,(H,26,27,28). The quantitative estimate of drug-likeness (QED) is 0.474. The summed E-state index contributed by atoms with van der Waals surface area (Å²) < 4.78 is 78.8. The Labute approximate surface area is 176 Å². The molecule has 2 aromatic heterocycles. The van der Waals surface area contributed by atoms with E-state index in [4.69, 9.17) is 9.52 Å². The first-order chi connectivity index (χ1) is 14.6. The molecule has 2 N–H and O–H groups in total. The number of benzene rings is 1. The van der Waals surface area contributed by atoms with Crippen LogP contribution in [0.4, 0.5) is 29.2 Å². The molecule has 31 heavy (non-hydrogen) atoms. The summed E-state index contributed by atoms with van der Waals surface area (Å²) in [4.78, 5) is 7.69. The summed E-state index contributed by atoms with van der Waals surface area (Å²) in [5.41, 5.74) is -0.0203. The van der Waals surface area contributed by atoms with Gasteiger partial charge >= 0.3 is 0 Å². The van der Waals surface area contributed by atoms with Gasteiger partial charge in [0.25, 0.3) is 6.43 Å². The van der Waals surface area contributed by atoms with Gasteiger partial charge in [-0.3, -0.25) is 4.78 Å². The van der Waals surface area contributed by atoms with Gasteiger partial charge in [-0.25, -0.2) is 31.7 Å². The van der Waals surface area contributed by atoms with Gasteiger partial charge in [0.05, 0.1) is 19.1 Å². The maximum atomic E-state index is 14.4. The van der Waals surface area contributed by atoms with Crippen molar-refractivity contribution in [3.63, 3.8) is 0 Å². The van der Waals surface area contributed by atoms with Gasteiger partial charge < -0.3 is 10.1 Å². The Kier molecular flexibility index (Phi) is 6.44. The predicted octanol–water partition coefficient (Wildman–Crippen LogP) is 5.29. The highest BCUT2D eigenvalue weighted by molar-refractivity contribution is 7.90. The molecule has 11 heteroatoms. The average Bonchev–Trinajstić information content (AvgIpc) is 2.68. The molecule has 2 heterocycles. The van der Waals surface area contributed by atoms with Crippen LogP contribution in [0.15, 0.2) is 42.6 Å². The average molecular weight is 454 g/mol. The predicted molar refractivity (Wildman–Crippen MR) is 109 cm³/mol. The van der Waals surface area contributed by atoms with Crippen molar-refractivity contribution >= 4 is 21.4 Å². The third kappa shape index (κ3) is 5.69. The molecule has 3 rings (SSSR count). The Morgan fingerprint density at radius 3 is 2.52 bits per heavy atom. The molecule has 1 unspecified atom stereocenters. The smallest absolute Gasteiger partial charge is 0.280 e. The zero-order valence-electron chi connectivity index (χ0n) is 16.5. The summed E-state index contributed by atoms with van der Waals surface area (Å²) in [6, 6.07) is 7.34. The summed E-state index contributed by atoms with van der Waals surface area (Å²) >= 11 is 0. The minimum atomic E-state index is -2.98. The number of methoxy groups -OCH3 is 1. The van der Waals surface area contributed by atoms with Crippen LogP contribution in [0.5, 0.6) is 5.75 Å². The van der Waals surface area contributed by atoms with Gasteiger partial charge in [0.1, 0.15) is 34.7 Å². The van der Waals surface area contributed by atoms with Gasteiger partial charge in [0, 0.05) is 33.2 Å². The molecular formula is C20H18F4N4O2S. The number of ether oxygens (including phenoxy) is 1. The fourth-order valence-corrected chi connectivity index (χ4v) is 3.72. The number of alkyl halides is 2. The van der Waals surface area contributed by atoms with Crippen molar-refractivity contribution in [2.75, 3.05) is 18.7 Å². The molecule has 0 fully saturated rings. The molecule has 0 radical (unpaired) electrons. The number of nitrogens with zero attached hydrogens (tertiary/aromatic N) is 2. The summed E-state index contributed by atoms with van der Waals surface area (Å²) in [6.07, 6.45) is -0.771. The van der Waals surface area contributed by atoms with Crippen LogP contribution in [-0.2, 0) is 15.5 Å². The first kappa shape index (κ1) is 22.5. The van der Waals surface area contributed by atoms with E-state index in [1.165, 1.54) is 31.6 Å². The fourth-order valence-electron chi connectivity index (χ4n) is 2.92. The van der Waals surface area contributed by atoms with Crippen molar-refractivity contribution in [1.29, 1.82) is 4.78 Å². The number of hydrogen-bond donors (Lipinski definition) is 2.